The Labute approximate surface area is 306 Å². The first-order valence-electron chi connectivity index (χ1n) is 17.7. The van der Waals surface area contributed by atoms with Crippen molar-refractivity contribution in [3.05, 3.63) is 187 Å². The number of hydrogen-bond donors (Lipinski definition) is 0. The quantitative estimate of drug-likeness (QED) is 0.101. The normalized spacial score (nSPS) is 11.9. The van der Waals surface area contributed by atoms with Crippen LogP contribution in [0.15, 0.2) is 175 Å². The van der Waals surface area contributed by atoms with Gasteiger partial charge in [-0.2, -0.15) is 0 Å². The number of anilines is 5. The molecule has 0 aliphatic rings. The first-order chi connectivity index (χ1) is 25.5. The highest BCUT2D eigenvalue weighted by Crippen LogP contribution is 2.50. The maximum atomic E-state index is 5.14. The fraction of sp³-hybridized carbons (Fsp3) is 0.0833. The van der Waals surface area contributed by atoms with Crippen LogP contribution in [0.4, 0.5) is 28.6 Å². The molecular formula is C48H42N4. The average Bonchev–Trinajstić information content (AvgIpc) is 3.18. The highest BCUT2D eigenvalue weighted by molar-refractivity contribution is 6.14. The SMILES string of the molecule is C=C/C=C\c1c(C)c(N(/C(=C/C=C\CC)N=C)c2cccc3ccccc23)c2ccccc2c1N(c1cccc(C)n1)c1cccc2ccccc12. The van der Waals surface area contributed by atoms with E-state index in [4.69, 9.17) is 4.98 Å². The van der Waals surface area contributed by atoms with E-state index in [9.17, 15) is 0 Å². The Morgan fingerprint density at radius 2 is 1.25 bits per heavy atom. The maximum absolute atomic E-state index is 5.14. The van der Waals surface area contributed by atoms with Gasteiger partial charge in [-0.05, 0) is 73.7 Å². The molecule has 6 aromatic carbocycles. The minimum absolute atomic E-state index is 0.729. The standard InChI is InChI=1S/C48H42N4/c1-6-8-10-32-45(49-5)51(43-30-18-23-36-21-11-13-26-39(36)43)47-35(4)38(25-9-7-2)48(42-29-16-15-28-41(42)47)52(46-33-17-20-34(3)50-46)44-31-19-24-37-22-12-14-27-40(37)44/h7-33H,2,5-6H2,1,3-4H3/b10-8-,25-9-,45-32+. The molecule has 4 nitrogen and oxygen atoms in total. The summed E-state index contributed by atoms with van der Waals surface area (Å²) in [6.07, 6.45) is 13.2. The van der Waals surface area contributed by atoms with Gasteiger partial charge < -0.3 is 0 Å². The monoisotopic (exact) mass is 674 g/mol. The fourth-order valence-electron chi connectivity index (χ4n) is 7.11. The van der Waals surface area contributed by atoms with Gasteiger partial charge >= 0.3 is 0 Å². The third-order valence-corrected chi connectivity index (χ3v) is 9.42. The number of aliphatic imine (C=N–C) groups is 1. The summed E-state index contributed by atoms with van der Waals surface area (Å²) < 4.78 is 0. The number of aryl methyl sites for hydroxylation is 1. The maximum Gasteiger partial charge on any atom is 0.137 e. The number of benzene rings is 6. The summed E-state index contributed by atoms with van der Waals surface area (Å²) in [6, 6.07) is 44.9. The Hall–Kier alpha value is -6.52. The van der Waals surface area contributed by atoms with Crippen LogP contribution in [0.25, 0.3) is 38.4 Å². The third kappa shape index (κ3) is 6.31. The largest absolute Gasteiger partial charge is 0.294 e. The van der Waals surface area contributed by atoms with E-state index in [1.165, 1.54) is 0 Å². The molecule has 0 amide bonds. The molecule has 0 spiro atoms. The summed E-state index contributed by atoms with van der Waals surface area (Å²) in [5, 5.41) is 6.71. The van der Waals surface area contributed by atoms with Gasteiger partial charge in [0.05, 0.1) is 22.7 Å². The highest BCUT2D eigenvalue weighted by atomic mass is 15.2. The molecule has 0 aliphatic carbocycles. The molecule has 7 rings (SSSR count). The zero-order valence-corrected chi connectivity index (χ0v) is 30.0. The van der Waals surface area contributed by atoms with Crippen molar-refractivity contribution in [3.8, 4) is 0 Å². The van der Waals surface area contributed by atoms with Crippen LogP contribution in [0.5, 0.6) is 0 Å². The number of allylic oxidation sites excluding steroid dienone is 5. The van der Waals surface area contributed by atoms with Crippen molar-refractivity contribution in [1.29, 1.82) is 0 Å². The van der Waals surface area contributed by atoms with Crippen LogP contribution >= 0.6 is 0 Å². The van der Waals surface area contributed by atoms with Crippen LogP contribution in [0.2, 0.25) is 0 Å². The molecule has 7 aromatic rings. The van der Waals surface area contributed by atoms with Gasteiger partial charge in [-0.3, -0.25) is 9.80 Å². The lowest BCUT2D eigenvalue weighted by Crippen LogP contribution is -2.20. The molecule has 1 heterocycles. The number of rotatable bonds is 11. The van der Waals surface area contributed by atoms with Crippen molar-refractivity contribution in [3.63, 3.8) is 0 Å². The second-order valence-corrected chi connectivity index (χ2v) is 12.7. The molecule has 0 saturated carbocycles. The molecule has 0 aliphatic heterocycles. The Balaban J connectivity index is 1.65. The lowest BCUT2D eigenvalue weighted by atomic mass is 9.92. The Morgan fingerprint density at radius 1 is 0.673 bits per heavy atom. The predicted molar refractivity (Wildman–Crippen MR) is 226 cm³/mol. The van der Waals surface area contributed by atoms with Gasteiger partial charge in [0.25, 0.3) is 0 Å². The molecule has 0 saturated heterocycles. The van der Waals surface area contributed by atoms with E-state index in [2.05, 4.69) is 188 Å². The topological polar surface area (TPSA) is 31.7 Å². The fourth-order valence-corrected chi connectivity index (χ4v) is 7.11. The van der Waals surface area contributed by atoms with Crippen molar-refractivity contribution >= 4 is 73.7 Å². The van der Waals surface area contributed by atoms with Gasteiger partial charge in [0.2, 0.25) is 0 Å². The summed E-state index contributed by atoms with van der Waals surface area (Å²) in [6.45, 7) is 14.6. The second-order valence-electron chi connectivity index (χ2n) is 12.7. The van der Waals surface area contributed by atoms with Crippen molar-refractivity contribution in [1.82, 2.24) is 4.98 Å². The Kier molecular flexibility index (Phi) is 9.90. The van der Waals surface area contributed by atoms with Crippen LogP contribution in [0.1, 0.15) is 30.2 Å². The van der Waals surface area contributed by atoms with E-state index in [0.717, 1.165) is 89.9 Å². The van der Waals surface area contributed by atoms with E-state index in [1.54, 1.807) is 0 Å². The van der Waals surface area contributed by atoms with Crippen LogP contribution in [0, 0.1) is 13.8 Å². The van der Waals surface area contributed by atoms with E-state index >= 15 is 0 Å². The van der Waals surface area contributed by atoms with Crippen molar-refractivity contribution < 1.29 is 0 Å². The molecule has 0 radical (unpaired) electrons. The van der Waals surface area contributed by atoms with Crippen LogP contribution in [0.3, 0.4) is 0 Å². The molecule has 4 heteroatoms. The zero-order valence-electron chi connectivity index (χ0n) is 30.0. The molecule has 0 fully saturated rings. The number of aromatic nitrogens is 1. The van der Waals surface area contributed by atoms with Crippen LogP contribution in [-0.4, -0.2) is 11.7 Å². The average molecular weight is 675 g/mol. The minimum Gasteiger partial charge on any atom is -0.294 e. The molecule has 52 heavy (non-hydrogen) atoms. The Morgan fingerprint density at radius 3 is 1.88 bits per heavy atom. The molecule has 0 unspecified atom stereocenters. The first-order valence-corrected chi connectivity index (χ1v) is 17.7. The van der Waals surface area contributed by atoms with Crippen molar-refractivity contribution in [2.45, 2.75) is 27.2 Å². The second kappa shape index (κ2) is 15.2. The molecule has 1 aromatic heterocycles. The van der Waals surface area contributed by atoms with E-state index in [1.807, 2.05) is 25.1 Å². The summed E-state index contributed by atoms with van der Waals surface area (Å²) in [5.41, 5.74) is 7.19. The van der Waals surface area contributed by atoms with Crippen molar-refractivity contribution in [2.75, 3.05) is 9.80 Å². The van der Waals surface area contributed by atoms with Gasteiger partial charge in [0.15, 0.2) is 0 Å². The molecule has 254 valence electrons. The predicted octanol–water partition coefficient (Wildman–Crippen LogP) is 13.5. The van der Waals surface area contributed by atoms with Gasteiger partial charge in [-0.1, -0.05) is 147 Å². The number of nitrogens with zero attached hydrogens (tertiary/aromatic N) is 4. The van der Waals surface area contributed by atoms with E-state index in [-0.39, 0.29) is 0 Å². The Bertz CT molecular complexity index is 2530. The lowest BCUT2D eigenvalue weighted by molar-refractivity contribution is 1.12. The third-order valence-electron chi connectivity index (χ3n) is 9.42. The molecule has 0 atom stereocenters. The number of hydrogen-bond acceptors (Lipinski definition) is 4. The van der Waals surface area contributed by atoms with Gasteiger partial charge in [0.1, 0.15) is 11.6 Å². The first kappa shape index (κ1) is 34.0. The summed E-state index contributed by atoms with van der Waals surface area (Å²) in [4.78, 5) is 14.4. The van der Waals surface area contributed by atoms with Gasteiger partial charge in [0, 0.05) is 32.8 Å². The number of fused-ring (bicyclic) bond motifs is 3. The van der Waals surface area contributed by atoms with Crippen LogP contribution in [-0.2, 0) is 0 Å². The number of pyridine rings is 1. The smallest absolute Gasteiger partial charge is 0.137 e. The molecule has 0 bridgehead atoms. The van der Waals surface area contributed by atoms with E-state index in [0.29, 0.717) is 0 Å². The van der Waals surface area contributed by atoms with Gasteiger partial charge in [-0.25, -0.2) is 9.98 Å². The van der Waals surface area contributed by atoms with Crippen molar-refractivity contribution in [2.24, 2.45) is 4.99 Å². The minimum atomic E-state index is 0.729. The zero-order chi connectivity index (χ0) is 36.0. The van der Waals surface area contributed by atoms with Crippen LogP contribution < -0.4 is 9.80 Å². The summed E-state index contributed by atoms with van der Waals surface area (Å²) in [7, 11) is 0. The molecular weight excluding hydrogens is 633 g/mol. The van der Waals surface area contributed by atoms with Gasteiger partial charge in [-0.15, -0.1) is 0 Å². The molecule has 0 N–H and O–H groups in total. The van der Waals surface area contributed by atoms with E-state index < -0.39 is 0 Å². The highest BCUT2D eigenvalue weighted by Gasteiger charge is 2.28. The summed E-state index contributed by atoms with van der Waals surface area (Å²) in [5.74, 6) is 1.57. The lowest BCUT2D eigenvalue weighted by Gasteiger charge is -2.34. The summed E-state index contributed by atoms with van der Waals surface area (Å²) >= 11 is 0.